The van der Waals surface area contributed by atoms with Gasteiger partial charge in [0.1, 0.15) is 0 Å². The van der Waals surface area contributed by atoms with E-state index >= 15 is 0 Å². The van der Waals surface area contributed by atoms with Crippen molar-refractivity contribution in [2.75, 3.05) is 13.1 Å². The second kappa shape index (κ2) is 3.10. The zero-order chi connectivity index (χ0) is 9.47. The van der Waals surface area contributed by atoms with Crippen LogP contribution in [0.25, 0.3) is 0 Å². The fourth-order valence-electron chi connectivity index (χ4n) is 3.19. The van der Waals surface area contributed by atoms with E-state index in [1.165, 1.54) is 19.3 Å². The van der Waals surface area contributed by atoms with E-state index in [-0.39, 0.29) is 0 Å². The first-order valence-electron chi connectivity index (χ1n) is 5.28. The zero-order valence-corrected chi connectivity index (χ0v) is 8.21. The highest BCUT2D eigenvalue weighted by Crippen LogP contribution is 2.65. The van der Waals surface area contributed by atoms with Crippen LogP contribution in [0.3, 0.4) is 0 Å². The molecular formula is C11H20N2. The normalized spacial score (nSPS) is 48.3. The van der Waals surface area contributed by atoms with Crippen LogP contribution in [-0.4, -0.2) is 13.1 Å². The summed E-state index contributed by atoms with van der Waals surface area (Å²) in [5, 5.41) is 0. The van der Waals surface area contributed by atoms with Crippen LogP contribution in [-0.2, 0) is 0 Å². The fourth-order valence-corrected chi connectivity index (χ4v) is 3.19. The lowest BCUT2D eigenvalue weighted by Crippen LogP contribution is -2.24. The molecule has 0 radical (unpaired) electrons. The summed E-state index contributed by atoms with van der Waals surface area (Å²) >= 11 is 0. The predicted octanol–water partition coefficient (Wildman–Crippen LogP) is 1.12. The van der Waals surface area contributed by atoms with Crippen molar-refractivity contribution >= 4 is 0 Å². The van der Waals surface area contributed by atoms with Crippen molar-refractivity contribution in [2.45, 2.75) is 19.3 Å². The molecule has 0 saturated heterocycles. The van der Waals surface area contributed by atoms with Crippen LogP contribution < -0.4 is 11.5 Å². The van der Waals surface area contributed by atoms with Gasteiger partial charge in [-0.05, 0) is 55.5 Å². The zero-order valence-electron chi connectivity index (χ0n) is 8.21. The molecule has 2 aliphatic carbocycles. The summed E-state index contributed by atoms with van der Waals surface area (Å²) in [7, 11) is 0. The minimum absolute atomic E-state index is 0.579. The highest BCUT2D eigenvalue weighted by molar-refractivity contribution is 5.14. The highest BCUT2D eigenvalue weighted by Gasteiger charge is 2.58. The monoisotopic (exact) mass is 180 g/mol. The lowest BCUT2D eigenvalue weighted by Gasteiger charge is -2.13. The quantitative estimate of drug-likeness (QED) is 0.639. The maximum Gasteiger partial charge on any atom is -0.00455 e. The summed E-state index contributed by atoms with van der Waals surface area (Å²) in [6.07, 6.45) is 6.04. The highest BCUT2D eigenvalue weighted by atomic mass is 14.7. The smallest absolute Gasteiger partial charge is 0.00455 e. The Labute approximate surface area is 80.4 Å². The van der Waals surface area contributed by atoms with Crippen LogP contribution in [0.2, 0.25) is 0 Å². The van der Waals surface area contributed by atoms with E-state index in [2.05, 4.69) is 12.7 Å². The Hall–Kier alpha value is -0.340. The van der Waals surface area contributed by atoms with Crippen LogP contribution in [0.15, 0.2) is 12.7 Å². The molecule has 0 aliphatic heterocycles. The average molecular weight is 180 g/mol. The third-order valence-electron chi connectivity index (χ3n) is 4.15. The van der Waals surface area contributed by atoms with Gasteiger partial charge in [0.25, 0.3) is 0 Å². The van der Waals surface area contributed by atoms with Crippen molar-refractivity contribution in [3.63, 3.8) is 0 Å². The number of hydrogen-bond donors (Lipinski definition) is 2. The number of nitrogens with two attached hydrogens (primary N) is 2. The first kappa shape index (κ1) is 9.22. The van der Waals surface area contributed by atoms with Gasteiger partial charge in [0.2, 0.25) is 0 Å². The Bertz CT molecular complexity index is 200. The maximum absolute atomic E-state index is 5.75. The molecule has 0 heterocycles. The minimum Gasteiger partial charge on any atom is -0.330 e. The average Bonchev–Trinajstić information content (AvgIpc) is 2.69. The molecule has 0 bridgehead atoms. The van der Waals surface area contributed by atoms with Gasteiger partial charge in [-0.3, -0.25) is 0 Å². The largest absolute Gasteiger partial charge is 0.330 e. The molecule has 0 amide bonds. The SMILES string of the molecule is C=CC1CC12CC(CN)C(CN)C2. The van der Waals surface area contributed by atoms with E-state index in [1.54, 1.807) is 0 Å². The van der Waals surface area contributed by atoms with Crippen molar-refractivity contribution < 1.29 is 0 Å². The van der Waals surface area contributed by atoms with Crippen LogP contribution in [0.5, 0.6) is 0 Å². The van der Waals surface area contributed by atoms with Gasteiger partial charge >= 0.3 is 0 Å². The molecule has 13 heavy (non-hydrogen) atoms. The van der Waals surface area contributed by atoms with Gasteiger partial charge < -0.3 is 11.5 Å². The van der Waals surface area contributed by atoms with E-state index in [9.17, 15) is 0 Å². The lowest BCUT2D eigenvalue weighted by molar-refractivity contribution is 0.405. The second-order valence-corrected chi connectivity index (χ2v) is 4.81. The minimum atomic E-state index is 0.579. The lowest BCUT2D eigenvalue weighted by atomic mass is 9.97. The second-order valence-electron chi connectivity index (χ2n) is 4.81. The van der Waals surface area contributed by atoms with Gasteiger partial charge in [-0.15, -0.1) is 6.58 Å². The van der Waals surface area contributed by atoms with Gasteiger partial charge in [0, 0.05) is 0 Å². The Morgan fingerprint density at radius 2 is 1.69 bits per heavy atom. The summed E-state index contributed by atoms with van der Waals surface area (Å²) < 4.78 is 0. The van der Waals surface area contributed by atoms with E-state index in [0.29, 0.717) is 17.3 Å². The molecule has 4 N–H and O–H groups in total. The van der Waals surface area contributed by atoms with E-state index in [0.717, 1.165) is 19.0 Å². The molecular weight excluding hydrogens is 160 g/mol. The van der Waals surface area contributed by atoms with E-state index in [1.807, 2.05) is 0 Å². The van der Waals surface area contributed by atoms with E-state index < -0.39 is 0 Å². The molecule has 2 aliphatic rings. The van der Waals surface area contributed by atoms with Crippen molar-refractivity contribution in [3.8, 4) is 0 Å². The molecule has 3 atom stereocenters. The maximum atomic E-state index is 5.75. The van der Waals surface area contributed by atoms with Crippen molar-refractivity contribution in [3.05, 3.63) is 12.7 Å². The van der Waals surface area contributed by atoms with Crippen LogP contribution in [0, 0.1) is 23.2 Å². The Morgan fingerprint density at radius 1 is 1.15 bits per heavy atom. The van der Waals surface area contributed by atoms with Crippen molar-refractivity contribution in [2.24, 2.45) is 34.6 Å². The van der Waals surface area contributed by atoms with Gasteiger partial charge in [0.05, 0.1) is 0 Å². The Morgan fingerprint density at radius 3 is 2.00 bits per heavy atom. The van der Waals surface area contributed by atoms with Crippen LogP contribution >= 0.6 is 0 Å². The van der Waals surface area contributed by atoms with Gasteiger partial charge in [-0.2, -0.15) is 0 Å². The fraction of sp³-hybridized carbons (Fsp3) is 0.818. The summed E-state index contributed by atoms with van der Waals surface area (Å²) in [6.45, 7) is 5.51. The molecule has 2 saturated carbocycles. The first-order chi connectivity index (χ1) is 6.25. The van der Waals surface area contributed by atoms with Gasteiger partial charge in [0.15, 0.2) is 0 Å². The molecule has 0 aromatic rings. The molecule has 2 heteroatoms. The summed E-state index contributed by atoms with van der Waals surface area (Å²) in [6, 6.07) is 0. The number of rotatable bonds is 3. The molecule has 2 nitrogen and oxygen atoms in total. The first-order valence-corrected chi connectivity index (χ1v) is 5.28. The number of allylic oxidation sites excluding steroid dienone is 1. The van der Waals surface area contributed by atoms with Gasteiger partial charge in [-0.25, -0.2) is 0 Å². The number of hydrogen-bond acceptors (Lipinski definition) is 2. The third-order valence-corrected chi connectivity index (χ3v) is 4.15. The van der Waals surface area contributed by atoms with Crippen molar-refractivity contribution in [1.29, 1.82) is 0 Å². The third kappa shape index (κ3) is 1.32. The van der Waals surface area contributed by atoms with Crippen LogP contribution in [0.1, 0.15) is 19.3 Å². The standard InChI is InChI=1S/C11H20N2/c1-2-10-5-11(10)3-8(6-12)9(4-11)7-13/h2,8-10H,1,3-7,12-13H2. The Balaban J connectivity index is 2.02. The molecule has 0 aromatic carbocycles. The summed E-state index contributed by atoms with van der Waals surface area (Å²) in [5.74, 6) is 2.11. The molecule has 74 valence electrons. The Kier molecular flexibility index (Phi) is 2.20. The molecule has 2 rings (SSSR count). The van der Waals surface area contributed by atoms with Gasteiger partial charge in [-0.1, -0.05) is 6.08 Å². The van der Waals surface area contributed by atoms with Crippen LogP contribution in [0.4, 0.5) is 0 Å². The summed E-state index contributed by atoms with van der Waals surface area (Å²) in [5.41, 5.74) is 12.1. The molecule has 1 spiro atoms. The van der Waals surface area contributed by atoms with Crippen molar-refractivity contribution in [1.82, 2.24) is 0 Å². The molecule has 3 unspecified atom stereocenters. The molecule has 2 fully saturated rings. The summed E-state index contributed by atoms with van der Waals surface area (Å²) in [4.78, 5) is 0. The molecule has 0 aromatic heterocycles. The van der Waals surface area contributed by atoms with E-state index in [4.69, 9.17) is 11.5 Å². The topological polar surface area (TPSA) is 52.0 Å². The predicted molar refractivity (Wildman–Crippen MR) is 55.1 cm³/mol.